The van der Waals surface area contributed by atoms with E-state index in [2.05, 4.69) is 30.7 Å². The maximum absolute atomic E-state index is 12.6. The van der Waals surface area contributed by atoms with Crippen LogP contribution < -0.4 is 4.83 Å². The zero-order chi connectivity index (χ0) is 18.0. The van der Waals surface area contributed by atoms with E-state index in [4.69, 9.17) is 0 Å². The van der Waals surface area contributed by atoms with Crippen molar-refractivity contribution < 1.29 is 8.42 Å². The number of aryl methyl sites for hydroxylation is 2. The lowest BCUT2D eigenvalue weighted by Gasteiger charge is -2.20. The Labute approximate surface area is 144 Å². The van der Waals surface area contributed by atoms with Gasteiger partial charge in [-0.1, -0.05) is 62.7 Å². The Bertz CT molecular complexity index is 863. The van der Waals surface area contributed by atoms with Gasteiger partial charge in [-0.15, -0.1) is 0 Å². The zero-order valence-corrected chi connectivity index (χ0v) is 15.6. The SMILES string of the molecule is Cc1cccc(/C=N/NS(=O)(=O)c2cc(C(C)(C)C)ccc2C)c1. The summed E-state index contributed by atoms with van der Waals surface area (Å²) in [6.07, 6.45) is 1.51. The van der Waals surface area contributed by atoms with Crippen molar-refractivity contribution in [2.45, 2.75) is 44.9 Å². The van der Waals surface area contributed by atoms with Crippen molar-refractivity contribution in [1.29, 1.82) is 0 Å². The van der Waals surface area contributed by atoms with E-state index in [1.165, 1.54) is 6.21 Å². The van der Waals surface area contributed by atoms with Gasteiger partial charge in [0.15, 0.2) is 0 Å². The predicted molar refractivity (Wildman–Crippen MR) is 99.0 cm³/mol. The Balaban J connectivity index is 2.27. The van der Waals surface area contributed by atoms with Crippen LogP contribution in [0.5, 0.6) is 0 Å². The van der Waals surface area contributed by atoms with Gasteiger partial charge in [0, 0.05) is 0 Å². The number of hydrazone groups is 1. The molecule has 1 N–H and O–H groups in total. The van der Waals surface area contributed by atoms with Crippen molar-refractivity contribution >= 4 is 16.2 Å². The smallest absolute Gasteiger partial charge is 0.200 e. The van der Waals surface area contributed by atoms with Crippen LogP contribution in [-0.2, 0) is 15.4 Å². The fourth-order valence-corrected chi connectivity index (χ4v) is 3.39. The largest absolute Gasteiger partial charge is 0.276 e. The molecule has 0 fully saturated rings. The number of nitrogens with zero attached hydrogens (tertiary/aromatic N) is 1. The molecule has 0 saturated carbocycles. The molecule has 24 heavy (non-hydrogen) atoms. The molecule has 0 aromatic heterocycles. The summed E-state index contributed by atoms with van der Waals surface area (Å²) in [6.45, 7) is 9.92. The molecule has 0 spiro atoms. The first-order valence-corrected chi connectivity index (χ1v) is 9.30. The van der Waals surface area contributed by atoms with E-state index in [1.54, 1.807) is 13.0 Å². The Morgan fingerprint density at radius 3 is 2.38 bits per heavy atom. The van der Waals surface area contributed by atoms with Crippen molar-refractivity contribution in [1.82, 2.24) is 4.83 Å². The van der Waals surface area contributed by atoms with Gasteiger partial charge in [-0.2, -0.15) is 13.5 Å². The summed E-state index contributed by atoms with van der Waals surface area (Å²) in [4.78, 5) is 2.56. The topological polar surface area (TPSA) is 58.5 Å². The van der Waals surface area contributed by atoms with Crippen molar-refractivity contribution in [2.24, 2.45) is 5.10 Å². The highest BCUT2D eigenvalue weighted by Gasteiger charge is 2.20. The van der Waals surface area contributed by atoms with Gasteiger partial charge in [0.05, 0.1) is 11.1 Å². The summed E-state index contributed by atoms with van der Waals surface area (Å²) in [7, 11) is -3.70. The molecule has 0 aliphatic carbocycles. The van der Waals surface area contributed by atoms with E-state index in [0.29, 0.717) is 5.56 Å². The minimum absolute atomic E-state index is 0.122. The van der Waals surface area contributed by atoms with Crippen molar-refractivity contribution in [3.63, 3.8) is 0 Å². The molecule has 0 unspecified atom stereocenters. The summed E-state index contributed by atoms with van der Waals surface area (Å²) >= 11 is 0. The van der Waals surface area contributed by atoms with E-state index < -0.39 is 10.0 Å². The Kier molecular flexibility index (Phi) is 5.13. The second-order valence-corrected chi connectivity index (χ2v) is 8.63. The second kappa shape index (κ2) is 6.77. The van der Waals surface area contributed by atoms with E-state index in [-0.39, 0.29) is 10.3 Å². The third kappa shape index (κ3) is 4.45. The van der Waals surface area contributed by atoms with Crippen molar-refractivity contribution in [3.05, 3.63) is 64.7 Å². The molecule has 0 atom stereocenters. The number of hydrogen-bond acceptors (Lipinski definition) is 3. The Morgan fingerprint density at radius 1 is 1.04 bits per heavy atom. The molecule has 0 bridgehead atoms. The zero-order valence-electron chi connectivity index (χ0n) is 14.8. The minimum Gasteiger partial charge on any atom is -0.200 e. The highest BCUT2D eigenvalue weighted by Crippen LogP contribution is 2.26. The van der Waals surface area contributed by atoms with Crippen LogP contribution in [0.15, 0.2) is 52.5 Å². The van der Waals surface area contributed by atoms with Gasteiger partial charge in [-0.05, 0) is 42.0 Å². The molecule has 0 amide bonds. The van der Waals surface area contributed by atoms with Gasteiger partial charge < -0.3 is 0 Å². The Morgan fingerprint density at radius 2 is 1.75 bits per heavy atom. The summed E-state index contributed by atoms with van der Waals surface area (Å²) in [5.41, 5.74) is 3.48. The maximum Gasteiger partial charge on any atom is 0.276 e. The first-order chi connectivity index (χ1) is 11.1. The van der Waals surface area contributed by atoms with Gasteiger partial charge in [-0.3, -0.25) is 0 Å². The second-order valence-electron chi connectivity index (χ2n) is 7.00. The van der Waals surface area contributed by atoms with E-state index >= 15 is 0 Å². The third-order valence-corrected chi connectivity index (χ3v) is 5.14. The highest BCUT2D eigenvalue weighted by atomic mass is 32.2. The molecule has 2 aromatic carbocycles. The average molecular weight is 344 g/mol. The van der Waals surface area contributed by atoms with Crippen LogP contribution in [0.4, 0.5) is 0 Å². The molecule has 4 nitrogen and oxygen atoms in total. The number of benzene rings is 2. The number of nitrogens with one attached hydrogen (secondary N) is 1. The quantitative estimate of drug-likeness (QED) is 0.675. The lowest BCUT2D eigenvalue weighted by atomic mass is 9.87. The third-order valence-electron chi connectivity index (χ3n) is 3.77. The molecule has 2 aromatic rings. The van der Waals surface area contributed by atoms with Gasteiger partial charge in [0.2, 0.25) is 0 Å². The van der Waals surface area contributed by atoms with Gasteiger partial charge >= 0.3 is 0 Å². The van der Waals surface area contributed by atoms with Crippen LogP contribution in [0.2, 0.25) is 0 Å². The molecule has 2 rings (SSSR count). The molecular weight excluding hydrogens is 320 g/mol. The first-order valence-electron chi connectivity index (χ1n) is 7.82. The van der Waals surface area contributed by atoms with Crippen molar-refractivity contribution in [2.75, 3.05) is 0 Å². The predicted octanol–water partition coefficient (Wildman–Crippen LogP) is 3.91. The average Bonchev–Trinajstić information content (AvgIpc) is 2.46. The molecule has 5 heteroatoms. The van der Waals surface area contributed by atoms with Gasteiger partial charge in [-0.25, -0.2) is 4.83 Å². The van der Waals surface area contributed by atoms with Gasteiger partial charge in [0.25, 0.3) is 10.0 Å². The van der Waals surface area contributed by atoms with E-state index in [0.717, 1.165) is 16.7 Å². The van der Waals surface area contributed by atoms with E-state index in [1.807, 2.05) is 43.3 Å². The standard InChI is InChI=1S/C19H24N2O2S/c1-14-7-6-8-16(11-14)13-20-21-24(22,23)18-12-17(19(3,4)5)10-9-15(18)2/h6-13,21H,1-5H3/b20-13+. The fraction of sp³-hybridized carbons (Fsp3) is 0.316. The number of rotatable bonds is 4. The number of hydrogen-bond donors (Lipinski definition) is 1. The molecule has 128 valence electrons. The summed E-state index contributed by atoms with van der Waals surface area (Å²) in [5.74, 6) is 0. The maximum atomic E-state index is 12.6. The molecule has 0 saturated heterocycles. The summed E-state index contributed by atoms with van der Waals surface area (Å²) in [5, 5.41) is 3.90. The van der Waals surface area contributed by atoms with Crippen LogP contribution in [-0.4, -0.2) is 14.6 Å². The molecule has 0 heterocycles. The van der Waals surface area contributed by atoms with E-state index in [9.17, 15) is 8.42 Å². The fourth-order valence-electron chi connectivity index (χ4n) is 2.33. The Hall–Kier alpha value is -2.14. The van der Waals surface area contributed by atoms with Crippen LogP contribution in [0.1, 0.15) is 43.0 Å². The lowest BCUT2D eigenvalue weighted by molar-refractivity contribution is 0.577. The summed E-state index contributed by atoms with van der Waals surface area (Å²) < 4.78 is 25.1. The van der Waals surface area contributed by atoms with Gasteiger partial charge in [0.1, 0.15) is 0 Å². The number of sulfonamides is 1. The molecule has 0 aliphatic heterocycles. The minimum atomic E-state index is -3.70. The van der Waals surface area contributed by atoms with Crippen LogP contribution in [0.25, 0.3) is 0 Å². The molecule has 0 aliphatic rings. The van der Waals surface area contributed by atoms with Crippen LogP contribution in [0, 0.1) is 13.8 Å². The molecular formula is C19H24N2O2S. The summed E-state index contributed by atoms with van der Waals surface area (Å²) in [6, 6.07) is 13.2. The first kappa shape index (κ1) is 18.2. The van der Waals surface area contributed by atoms with Crippen LogP contribution in [0.3, 0.4) is 0 Å². The monoisotopic (exact) mass is 344 g/mol. The highest BCUT2D eigenvalue weighted by molar-refractivity contribution is 7.89. The van der Waals surface area contributed by atoms with Crippen LogP contribution >= 0.6 is 0 Å². The lowest BCUT2D eigenvalue weighted by Crippen LogP contribution is -2.21. The molecule has 0 radical (unpaired) electrons. The van der Waals surface area contributed by atoms with Crippen molar-refractivity contribution in [3.8, 4) is 0 Å². The normalized spacial score (nSPS) is 12.5.